The van der Waals surface area contributed by atoms with Crippen molar-refractivity contribution in [1.82, 2.24) is 9.88 Å². The smallest absolute Gasteiger partial charge is 0.410 e. The number of pyridine rings is 1. The molecule has 2 rings (SSSR count). The second-order valence-corrected chi connectivity index (χ2v) is 6.36. The molecule has 0 saturated carbocycles. The maximum atomic E-state index is 13.0. The highest BCUT2D eigenvalue weighted by molar-refractivity contribution is 5.76. The van der Waals surface area contributed by atoms with E-state index in [0.29, 0.717) is 18.8 Å². The average molecular weight is 307 g/mol. The minimum Gasteiger partial charge on any atom is -0.444 e. The van der Waals surface area contributed by atoms with Crippen LogP contribution in [-0.2, 0) is 4.74 Å². The first-order valence-electron chi connectivity index (χ1n) is 7.47. The Morgan fingerprint density at radius 2 is 2.09 bits per heavy atom. The summed E-state index contributed by atoms with van der Waals surface area (Å²) in [5, 5.41) is 0. The van der Waals surface area contributed by atoms with Crippen LogP contribution < -0.4 is 0 Å². The number of piperidine rings is 1. The van der Waals surface area contributed by atoms with E-state index in [1.807, 2.05) is 20.8 Å². The van der Waals surface area contributed by atoms with Crippen molar-refractivity contribution in [3.05, 3.63) is 29.8 Å². The Morgan fingerprint density at radius 1 is 1.41 bits per heavy atom. The molecule has 0 spiro atoms. The van der Waals surface area contributed by atoms with E-state index in [-0.39, 0.29) is 12.1 Å². The molecule has 0 N–H and O–H groups in total. The van der Waals surface area contributed by atoms with Gasteiger partial charge in [0.05, 0.1) is 11.7 Å². The van der Waals surface area contributed by atoms with E-state index >= 15 is 0 Å². The minimum absolute atomic E-state index is 0.128. The first-order chi connectivity index (χ1) is 10.3. The number of ether oxygens (including phenoxy) is 1. The van der Waals surface area contributed by atoms with Crippen LogP contribution in [0.3, 0.4) is 0 Å². The van der Waals surface area contributed by atoms with E-state index in [1.165, 1.54) is 6.07 Å². The highest BCUT2D eigenvalue weighted by Crippen LogP contribution is 2.17. The van der Waals surface area contributed by atoms with Gasteiger partial charge in [-0.3, -0.25) is 4.99 Å². The number of carbonyl (C=O) groups is 1. The molecule has 22 heavy (non-hydrogen) atoms. The maximum Gasteiger partial charge on any atom is 0.410 e. The van der Waals surface area contributed by atoms with Gasteiger partial charge >= 0.3 is 6.09 Å². The molecule has 1 fully saturated rings. The lowest BCUT2D eigenvalue weighted by Gasteiger charge is -2.32. The molecule has 1 aromatic heterocycles. The SMILES string of the molecule is CC(C)(C)OC(=O)N1CCC(N=Cc2cccc(F)n2)CC1. The highest BCUT2D eigenvalue weighted by atomic mass is 19.1. The van der Waals surface area contributed by atoms with Gasteiger partial charge in [-0.1, -0.05) is 6.07 Å². The molecule has 120 valence electrons. The zero-order valence-electron chi connectivity index (χ0n) is 13.3. The molecule has 1 aromatic rings. The van der Waals surface area contributed by atoms with Crippen LogP contribution in [0.4, 0.5) is 9.18 Å². The predicted molar refractivity (Wildman–Crippen MR) is 82.6 cm³/mol. The Bertz CT molecular complexity index is 547. The topological polar surface area (TPSA) is 54.8 Å². The molecule has 0 radical (unpaired) electrons. The third-order valence-corrected chi connectivity index (χ3v) is 3.27. The summed E-state index contributed by atoms with van der Waals surface area (Å²) >= 11 is 0. The van der Waals surface area contributed by atoms with Crippen LogP contribution in [0.15, 0.2) is 23.2 Å². The van der Waals surface area contributed by atoms with Gasteiger partial charge in [-0.25, -0.2) is 9.78 Å². The predicted octanol–water partition coefficient (Wildman–Crippen LogP) is 3.04. The molecular weight excluding hydrogens is 285 g/mol. The Balaban J connectivity index is 1.83. The van der Waals surface area contributed by atoms with Crippen LogP contribution in [0.5, 0.6) is 0 Å². The summed E-state index contributed by atoms with van der Waals surface area (Å²) < 4.78 is 18.3. The molecule has 5 nitrogen and oxygen atoms in total. The second-order valence-electron chi connectivity index (χ2n) is 6.36. The highest BCUT2D eigenvalue weighted by Gasteiger charge is 2.26. The van der Waals surface area contributed by atoms with Crippen molar-refractivity contribution in [2.24, 2.45) is 4.99 Å². The fourth-order valence-electron chi connectivity index (χ4n) is 2.20. The van der Waals surface area contributed by atoms with E-state index < -0.39 is 11.5 Å². The lowest BCUT2D eigenvalue weighted by molar-refractivity contribution is 0.0207. The van der Waals surface area contributed by atoms with Crippen LogP contribution in [-0.4, -0.2) is 46.9 Å². The Kier molecular flexibility index (Phi) is 5.11. The molecule has 0 aromatic carbocycles. The average Bonchev–Trinajstić information content (AvgIpc) is 2.44. The molecule has 0 bridgehead atoms. The number of amides is 1. The van der Waals surface area contributed by atoms with Crippen LogP contribution in [0.25, 0.3) is 0 Å². The number of carbonyl (C=O) groups excluding carboxylic acids is 1. The molecule has 1 aliphatic rings. The molecule has 0 atom stereocenters. The second kappa shape index (κ2) is 6.85. The van der Waals surface area contributed by atoms with Gasteiger partial charge in [-0.15, -0.1) is 0 Å². The number of aromatic nitrogens is 1. The summed E-state index contributed by atoms with van der Waals surface area (Å²) in [5.41, 5.74) is 0.0318. The quantitative estimate of drug-likeness (QED) is 0.623. The number of aliphatic imine (C=N–C) groups is 1. The Morgan fingerprint density at radius 3 is 2.68 bits per heavy atom. The molecule has 0 unspecified atom stereocenters. The summed E-state index contributed by atoms with van der Waals surface area (Å²) in [6.45, 7) is 6.80. The van der Waals surface area contributed by atoms with Crippen molar-refractivity contribution in [2.45, 2.75) is 45.3 Å². The number of nitrogens with zero attached hydrogens (tertiary/aromatic N) is 3. The summed E-state index contributed by atoms with van der Waals surface area (Å²) in [6, 6.07) is 4.75. The van der Waals surface area contributed by atoms with Crippen molar-refractivity contribution < 1.29 is 13.9 Å². The van der Waals surface area contributed by atoms with E-state index in [9.17, 15) is 9.18 Å². The summed E-state index contributed by atoms with van der Waals surface area (Å²) in [6.07, 6.45) is 2.86. The van der Waals surface area contributed by atoms with E-state index in [1.54, 1.807) is 23.2 Å². The van der Waals surface area contributed by atoms with E-state index in [4.69, 9.17) is 4.74 Å². The largest absolute Gasteiger partial charge is 0.444 e. The van der Waals surface area contributed by atoms with Gasteiger partial charge in [-0.2, -0.15) is 4.39 Å². The monoisotopic (exact) mass is 307 g/mol. The minimum atomic E-state index is -0.510. The maximum absolute atomic E-state index is 13.0. The molecule has 6 heteroatoms. The molecule has 0 aliphatic carbocycles. The number of likely N-dealkylation sites (tertiary alicyclic amines) is 1. The lowest BCUT2D eigenvalue weighted by Crippen LogP contribution is -2.42. The molecular formula is C16H22FN3O2. The van der Waals surface area contributed by atoms with E-state index in [2.05, 4.69) is 9.98 Å². The third-order valence-electron chi connectivity index (χ3n) is 3.27. The van der Waals surface area contributed by atoms with Gasteiger partial charge in [0.1, 0.15) is 5.60 Å². The van der Waals surface area contributed by atoms with Crippen LogP contribution >= 0.6 is 0 Å². The van der Waals surface area contributed by atoms with Crippen molar-refractivity contribution in [1.29, 1.82) is 0 Å². The van der Waals surface area contributed by atoms with Gasteiger partial charge in [0, 0.05) is 19.3 Å². The van der Waals surface area contributed by atoms with Crippen LogP contribution in [0, 0.1) is 5.95 Å². The van der Waals surface area contributed by atoms with Gasteiger partial charge in [0.25, 0.3) is 0 Å². The summed E-state index contributed by atoms with van der Waals surface area (Å²) in [7, 11) is 0. The van der Waals surface area contributed by atoms with Gasteiger partial charge in [0.15, 0.2) is 0 Å². The van der Waals surface area contributed by atoms with Gasteiger partial charge in [0.2, 0.25) is 5.95 Å². The van der Waals surface area contributed by atoms with Crippen LogP contribution in [0.1, 0.15) is 39.3 Å². The number of halogens is 1. The summed E-state index contributed by atoms with van der Waals surface area (Å²) in [4.78, 5) is 21.8. The Labute approximate surface area is 130 Å². The number of rotatable bonds is 2. The number of hydrogen-bond donors (Lipinski definition) is 0. The standard InChI is InChI=1S/C16H22FN3O2/c1-16(2,3)22-15(21)20-9-7-12(8-10-20)18-11-13-5-4-6-14(17)19-13/h4-6,11-12H,7-10H2,1-3H3. The van der Waals surface area contributed by atoms with E-state index in [0.717, 1.165) is 12.8 Å². The molecule has 1 aliphatic heterocycles. The van der Waals surface area contributed by atoms with Gasteiger partial charge in [-0.05, 0) is 45.7 Å². The first-order valence-corrected chi connectivity index (χ1v) is 7.47. The molecule has 1 amide bonds. The molecule has 2 heterocycles. The van der Waals surface area contributed by atoms with Crippen molar-refractivity contribution in [3.8, 4) is 0 Å². The lowest BCUT2D eigenvalue weighted by atomic mass is 10.1. The fraction of sp³-hybridized carbons (Fsp3) is 0.562. The van der Waals surface area contributed by atoms with Crippen LogP contribution in [0.2, 0.25) is 0 Å². The van der Waals surface area contributed by atoms with Crippen molar-refractivity contribution in [2.75, 3.05) is 13.1 Å². The zero-order chi connectivity index (χ0) is 16.2. The third kappa shape index (κ3) is 5.09. The first kappa shape index (κ1) is 16.4. The Hall–Kier alpha value is -1.98. The number of hydrogen-bond acceptors (Lipinski definition) is 4. The summed E-state index contributed by atoms with van der Waals surface area (Å²) in [5.74, 6) is -0.510. The van der Waals surface area contributed by atoms with Gasteiger partial charge < -0.3 is 9.64 Å². The fourth-order valence-corrected chi connectivity index (χ4v) is 2.20. The molecule has 1 saturated heterocycles. The zero-order valence-corrected chi connectivity index (χ0v) is 13.3. The van der Waals surface area contributed by atoms with Crippen molar-refractivity contribution in [3.63, 3.8) is 0 Å². The van der Waals surface area contributed by atoms with Crippen molar-refractivity contribution >= 4 is 12.3 Å². The normalized spacial score (nSPS) is 17.0.